The summed E-state index contributed by atoms with van der Waals surface area (Å²) in [5.41, 5.74) is 7.79. The molecule has 0 bridgehead atoms. The number of aryl methyl sites for hydroxylation is 2. The second kappa shape index (κ2) is 28.9. The summed E-state index contributed by atoms with van der Waals surface area (Å²) in [6, 6.07) is 21.6. The standard InChI is InChI=1S/C66H81ClN6O11S/c1-10-82-47-25-22-24-46(39-47)53(41-60(75)76)69-64(78)70-61-62(45(4)42-72(63(61)77)43-49-52(67)26-23-27-56(49)83-11-2)84-37-21-13-12-19-35-68-59(74)30-18-15-20-36-73-55-34-32-48(85(79,80)81)40-51(55)66(7,8)58(73)29-17-14-16-28-57-65(5,6)50-38-44(3)31-33-54(50)71(57)9/h14,16-17,22-29,31-34,38-40,42,53H,10-13,15,18-21,30,35-37,41,43H2,1-9H3,(H4-,68,69,70,74,75,76,78,79,80,81)/p+1/t53-/m0/s1. The molecule has 5 aromatic rings. The average Bonchev–Trinajstić information content (AvgIpc) is 1.69. The maximum absolute atomic E-state index is 14.3. The van der Waals surface area contributed by atoms with Gasteiger partial charge in [-0.25, -0.2) is 4.79 Å². The number of nitrogens with one attached hydrogen (secondary N) is 3. The van der Waals surface area contributed by atoms with E-state index in [4.69, 9.17) is 25.8 Å². The molecule has 454 valence electrons. The van der Waals surface area contributed by atoms with Gasteiger partial charge in [0, 0.05) is 76.4 Å². The number of hydrogen-bond donors (Lipinski definition) is 5. The molecule has 4 aromatic carbocycles. The summed E-state index contributed by atoms with van der Waals surface area (Å²) in [5.74, 6) is 0.0372. The molecule has 0 fully saturated rings. The molecule has 0 spiro atoms. The van der Waals surface area contributed by atoms with Crippen molar-refractivity contribution in [1.82, 2.24) is 15.2 Å². The van der Waals surface area contributed by atoms with Gasteiger partial charge < -0.3 is 44.7 Å². The van der Waals surface area contributed by atoms with Gasteiger partial charge in [0.2, 0.25) is 11.6 Å². The van der Waals surface area contributed by atoms with Gasteiger partial charge in [0.05, 0.1) is 49.1 Å². The molecular weight excluding hydrogens is 1120 g/mol. The molecule has 0 aliphatic carbocycles. The first kappa shape index (κ1) is 64.9. The molecule has 1 atom stereocenters. The number of carbonyl (C=O) groups is 3. The summed E-state index contributed by atoms with van der Waals surface area (Å²) in [6.45, 7) is 18.3. The van der Waals surface area contributed by atoms with Crippen molar-refractivity contribution in [3.05, 3.63) is 170 Å². The maximum atomic E-state index is 14.3. The zero-order valence-corrected chi connectivity index (χ0v) is 51.9. The third-order valence-electron chi connectivity index (χ3n) is 15.6. The lowest BCUT2D eigenvalue weighted by atomic mass is 9.81. The number of urea groups is 1. The van der Waals surface area contributed by atoms with Crippen molar-refractivity contribution in [2.45, 2.75) is 141 Å². The number of allylic oxidation sites excluding steroid dienone is 6. The molecule has 5 N–H and O–H groups in total. The van der Waals surface area contributed by atoms with Gasteiger partial charge in [-0.15, -0.1) is 0 Å². The summed E-state index contributed by atoms with van der Waals surface area (Å²) in [4.78, 5) is 55.2. The van der Waals surface area contributed by atoms with Gasteiger partial charge in [-0.1, -0.05) is 92.8 Å². The minimum absolute atomic E-state index is 0.0248. The van der Waals surface area contributed by atoms with Crippen molar-refractivity contribution in [3.63, 3.8) is 0 Å². The number of nitrogens with zero attached hydrogens (tertiary/aromatic N) is 3. The monoisotopic (exact) mass is 1200 g/mol. The lowest BCUT2D eigenvalue weighted by Gasteiger charge is -2.27. The number of halogens is 1. The molecule has 1 aromatic heterocycles. The molecule has 2 aliphatic heterocycles. The highest BCUT2D eigenvalue weighted by Crippen LogP contribution is 2.49. The molecule has 7 rings (SSSR count). The molecule has 17 nitrogen and oxygen atoms in total. The fourth-order valence-electron chi connectivity index (χ4n) is 11.2. The number of ether oxygens (including phenoxy) is 3. The number of amides is 3. The van der Waals surface area contributed by atoms with Gasteiger partial charge in [0.15, 0.2) is 17.1 Å². The number of anilines is 2. The van der Waals surface area contributed by atoms with Crippen LogP contribution in [-0.2, 0) is 37.1 Å². The normalized spacial score (nSPS) is 15.1. The van der Waals surface area contributed by atoms with Crippen molar-refractivity contribution in [2.24, 2.45) is 0 Å². The summed E-state index contributed by atoms with van der Waals surface area (Å²) < 4.78 is 55.8. The first-order chi connectivity index (χ1) is 40.5. The minimum Gasteiger partial charge on any atom is -0.494 e. The summed E-state index contributed by atoms with van der Waals surface area (Å²) in [6.07, 6.45) is 17.1. The van der Waals surface area contributed by atoms with E-state index in [9.17, 15) is 37.3 Å². The molecule has 3 heterocycles. The van der Waals surface area contributed by atoms with E-state index < -0.39 is 45.6 Å². The van der Waals surface area contributed by atoms with Crippen LogP contribution in [0.2, 0.25) is 5.02 Å². The van der Waals surface area contributed by atoms with E-state index in [1.807, 2.05) is 32.1 Å². The number of hydrogen-bond acceptors (Lipinski definition) is 10. The van der Waals surface area contributed by atoms with E-state index in [0.29, 0.717) is 78.8 Å². The first-order valence-electron chi connectivity index (χ1n) is 29.2. The van der Waals surface area contributed by atoms with E-state index in [0.717, 1.165) is 49.1 Å². The van der Waals surface area contributed by atoms with Crippen LogP contribution in [0.3, 0.4) is 0 Å². The van der Waals surface area contributed by atoms with Crippen molar-refractivity contribution in [2.75, 3.05) is 50.2 Å². The molecule has 85 heavy (non-hydrogen) atoms. The molecule has 0 saturated carbocycles. The quantitative estimate of drug-likeness (QED) is 0.0131. The van der Waals surface area contributed by atoms with Crippen molar-refractivity contribution >= 4 is 62.4 Å². The topological polar surface area (TPSA) is 218 Å². The number of carbonyl (C=O) groups excluding carboxylic acids is 2. The van der Waals surface area contributed by atoms with Crippen molar-refractivity contribution in [1.29, 1.82) is 0 Å². The van der Waals surface area contributed by atoms with Gasteiger partial charge in [-0.3, -0.25) is 18.9 Å². The Morgan fingerprint density at radius 3 is 2.31 bits per heavy atom. The van der Waals surface area contributed by atoms with E-state index in [-0.39, 0.29) is 40.8 Å². The highest BCUT2D eigenvalue weighted by molar-refractivity contribution is 7.85. The number of fused-ring (bicyclic) bond motifs is 2. The number of carboxylic acids is 1. The van der Waals surface area contributed by atoms with Gasteiger partial charge in [-0.05, 0) is 133 Å². The highest BCUT2D eigenvalue weighted by atomic mass is 35.5. The Kier molecular flexibility index (Phi) is 22.1. The number of aliphatic carboxylic acids is 1. The Labute approximate surface area is 505 Å². The van der Waals surface area contributed by atoms with Crippen LogP contribution in [-0.4, -0.2) is 90.8 Å². The third-order valence-corrected chi connectivity index (χ3v) is 16.8. The second-order valence-corrected chi connectivity index (χ2v) is 24.4. The Morgan fingerprint density at radius 1 is 0.824 bits per heavy atom. The van der Waals surface area contributed by atoms with Crippen LogP contribution in [0.15, 0.2) is 131 Å². The molecule has 19 heteroatoms. The zero-order chi connectivity index (χ0) is 61.6. The molecule has 3 amide bonds. The van der Waals surface area contributed by atoms with Crippen LogP contribution in [0.4, 0.5) is 21.9 Å². The number of unbranched alkanes of at least 4 members (excludes halogenated alkanes) is 5. The maximum Gasteiger partial charge on any atom is 0.319 e. The molecule has 0 saturated heterocycles. The average molecular weight is 1200 g/mol. The van der Waals surface area contributed by atoms with Gasteiger partial charge in [-0.2, -0.15) is 13.0 Å². The Hall–Kier alpha value is -7.67. The van der Waals surface area contributed by atoms with Gasteiger partial charge >= 0.3 is 12.0 Å². The fourth-order valence-corrected chi connectivity index (χ4v) is 12.0. The first-order valence-corrected chi connectivity index (χ1v) is 31.0. The zero-order valence-electron chi connectivity index (χ0n) is 50.4. The summed E-state index contributed by atoms with van der Waals surface area (Å²) in [7, 11) is -2.32. The third kappa shape index (κ3) is 16.2. The van der Waals surface area contributed by atoms with E-state index in [1.165, 1.54) is 33.2 Å². The van der Waals surface area contributed by atoms with Crippen molar-refractivity contribution < 1.29 is 51.2 Å². The molecule has 0 radical (unpaired) electrons. The largest absolute Gasteiger partial charge is 0.494 e. The van der Waals surface area contributed by atoms with Crippen LogP contribution in [0.5, 0.6) is 17.2 Å². The molecule has 0 unspecified atom stereocenters. The number of pyridine rings is 1. The molecular formula is C66H82ClN6O11S+. The number of rotatable bonds is 29. The Balaban J connectivity index is 0.908. The lowest BCUT2D eigenvalue weighted by molar-refractivity contribution is -0.401. The number of aromatic nitrogens is 1. The van der Waals surface area contributed by atoms with Crippen LogP contribution in [0, 0.1) is 13.8 Å². The van der Waals surface area contributed by atoms with E-state index in [1.54, 1.807) is 67.7 Å². The van der Waals surface area contributed by atoms with Crippen LogP contribution < -0.4 is 40.6 Å². The highest BCUT2D eigenvalue weighted by Gasteiger charge is 2.43. The van der Waals surface area contributed by atoms with E-state index in [2.05, 4.69) is 97.4 Å². The van der Waals surface area contributed by atoms with Crippen LogP contribution in [0.1, 0.15) is 139 Å². The second-order valence-electron chi connectivity index (χ2n) is 22.6. The Bertz CT molecular complexity index is 3570. The van der Waals surface area contributed by atoms with Gasteiger partial charge in [0.25, 0.3) is 15.7 Å². The van der Waals surface area contributed by atoms with Gasteiger partial charge in [0.1, 0.15) is 18.5 Å². The molecule has 2 aliphatic rings. The predicted molar refractivity (Wildman–Crippen MR) is 335 cm³/mol. The fraction of sp³-hybridized carbons (Fsp3) is 0.409. The predicted octanol–water partition coefficient (Wildman–Crippen LogP) is 12.7. The SMILES string of the molecule is CCOc1cccc([C@H](CC(=O)O)NC(=O)Nc2c(OCCCCCCNC(=O)CCCCCN3C(=CC=CC=CC4=[N+](C)c5ccc(C)cc5C4(C)C)C(C)(C)c4cc(S(=O)(=O)O)ccc43)c(C)cn(Cc3c(Cl)cccc3OCC)c2=O)c1. The Morgan fingerprint density at radius 2 is 1.56 bits per heavy atom. The van der Waals surface area contributed by atoms with E-state index >= 15 is 0 Å². The lowest BCUT2D eigenvalue weighted by Crippen LogP contribution is -2.36. The number of carboxylic acid groups (broad SMARTS) is 1. The van der Waals surface area contributed by atoms with Crippen LogP contribution >= 0.6 is 11.6 Å². The summed E-state index contributed by atoms with van der Waals surface area (Å²) in [5, 5.41) is 18.7. The number of benzene rings is 4. The van der Waals surface area contributed by atoms with Crippen molar-refractivity contribution in [3.8, 4) is 17.2 Å². The van der Waals surface area contributed by atoms with Crippen LogP contribution in [0.25, 0.3) is 0 Å². The summed E-state index contributed by atoms with van der Waals surface area (Å²) >= 11 is 6.62. The minimum atomic E-state index is -4.42. The smallest absolute Gasteiger partial charge is 0.319 e.